The molecule has 2 N–H and O–H groups in total. The number of carbonyl (C=O) groups excluding carboxylic acids is 2. The minimum atomic E-state index is -0.549. The van der Waals surface area contributed by atoms with Gasteiger partial charge in [0.2, 0.25) is 0 Å². The van der Waals surface area contributed by atoms with E-state index in [1.807, 2.05) is 0 Å². The van der Waals surface area contributed by atoms with E-state index in [0.29, 0.717) is 11.1 Å². The number of nitrogens with two attached hydrogens (primary N) is 1. The average molecular weight is 227 g/mol. The van der Waals surface area contributed by atoms with Gasteiger partial charge in [0.15, 0.2) is 0 Å². The second kappa shape index (κ2) is 6.79. The Kier molecular flexibility index (Phi) is 6.10. The van der Waals surface area contributed by atoms with Crippen LogP contribution in [-0.4, -0.2) is 31.2 Å². The maximum Gasteiger partial charge on any atom is 0.333 e. The van der Waals surface area contributed by atoms with Crippen LogP contribution < -0.4 is 5.73 Å². The van der Waals surface area contributed by atoms with Gasteiger partial charge in [-0.25, -0.2) is 9.59 Å². The van der Waals surface area contributed by atoms with E-state index in [2.05, 4.69) is 13.2 Å². The summed E-state index contributed by atoms with van der Waals surface area (Å²) in [6.45, 7) is 9.87. The molecule has 0 atom stereocenters. The Labute approximate surface area is 94.9 Å². The lowest BCUT2D eigenvalue weighted by molar-refractivity contribution is -0.142. The molecule has 0 aliphatic carbocycles. The Morgan fingerprint density at radius 1 is 1.06 bits per heavy atom. The summed E-state index contributed by atoms with van der Waals surface area (Å²) in [5, 5.41) is 0. The summed E-state index contributed by atoms with van der Waals surface area (Å²) < 4.78 is 9.56. The van der Waals surface area contributed by atoms with Crippen LogP contribution in [-0.2, 0) is 19.1 Å². The molecule has 0 aromatic heterocycles. The highest BCUT2D eigenvalue weighted by Crippen LogP contribution is 1.96. The van der Waals surface area contributed by atoms with Gasteiger partial charge >= 0.3 is 11.9 Å². The molecule has 0 aromatic rings. The summed E-state index contributed by atoms with van der Waals surface area (Å²) in [4.78, 5) is 22.0. The van der Waals surface area contributed by atoms with Gasteiger partial charge in [0.1, 0.15) is 13.2 Å². The second-order valence-corrected chi connectivity index (χ2v) is 3.52. The molecule has 0 radical (unpaired) electrons. The van der Waals surface area contributed by atoms with Crippen molar-refractivity contribution in [2.75, 3.05) is 13.2 Å². The lowest BCUT2D eigenvalue weighted by atomic mass is 10.3. The molecule has 0 spiro atoms. The topological polar surface area (TPSA) is 78.6 Å². The SMILES string of the molecule is C=C(C)C(=O)OCC(N)COC(=O)C(=C)C. The Morgan fingerprint density at radius 2 is 1.38 bits per heavy atom. The van der Waals surface area contributed by atoms with E-state index in [1.165, 1.54) is 13.8 Å². The minimum Gasteiger partial charge on any atom is -0.461 e. The van der Waals surface area contributed by atoms with Gasteiger partial charge in [-0.1, -0.05) is 13.2 Å². The van der Waals surface area contributed by atoms with Gasteiger partial charge in [0, 0.05) is 11.1 Å². The zero-order valence-electron chi connectivity index (χ0n) is 9.62. The maximum atomic E-state index is 11.0. The van der Waals surface area contributed by atoms with E-state index in [4.69, 9.17) is 15.2 Å². The number of hydrogen-bond donors (Lipinski definition) is 1. The van der Waals surface area contributed by atoms with Crippen molar-refractivity contribution in [3.63, 3.8) is 0 Å². The summed E-state index contributed by atoms with van der Waals surface area (Å²) >= 11 is 0. The largest absolute Gasteiger partial charge is 0.461 e. The molecule has 90 valence electrons. The summed E-state index contributed by atoms with van der Waals surface area (Å²) in [7, 11) is 0. The first kappa shape index (κ1) is 14.4. The Hall–Kier alpha value is -1.62. The molecular formula is C11H17NO4. The van der Waals surface area contributed by atoms with Crippen LogP contribution in [0.3, 0.4) is 0 Å². The monoisotopic (exact) mass is 227 g/mol. The first-order valence-electron chi connectivity index (χ1n) is 4.75. The summed E-state index contributed by atoms with van der Waals surface area (Å²) in [6.07, 6.45) is 0. The van der Waals surface area contributed by atoms with Crippen molar-refractivity contribution in [2.24, 2.45) is 5.73 Å². The fraction of sp³-hybridized carbons (Fsp3) is 0.455. The summed E-state index contributed by atoms with van der Waals surface area (Å²) in [6, 6.07) is -0.549. The number of carbonyl (C=O) groups is 2. The zero-order valence-corrected chi connectivity index (χ0v) is 9.62. The van der Waals surface area contributed by atoms with Gasteiger partial charge in [0.25, 0.3) is 0 Å². The minimum absolute atomic E-state index is 0.0187. The van der Waals surface area contributed by atoms with Gasteiger partial charge in [-0.2, -0.15) is 0 Å². The van der Waals surface area contributed by atoms with Crippen molar-refractivity contribution >= 4 is 11.9 Å². The molecular weight excluding hydrogens is 210 g/mol. The fourth-order valence-corrected chi connectivity index (χ4v) is 0.660. The molecule has 5 heteroatoms. The van der Waals surface area contributed by atoms with Crippen LogP contribution in [0.4, 0.5) is 0 Å². The maximum absolute atomic E-state index is 11.0. The van der Waals surface area contributed by atoms with E-state index in [9.17, 15) is 9.59 Å². The Bertz CT molecular complexity index is 279. The standard InChI is InChI=1S/C11H17NO4/c1-7(2)10(13)15-5-9(12)6-16-11(14)8(3)4/h9H,1,3,5-6,12H2,2,4H3. The van der Waals surface area contributed by atoms with Crippen LogP contribution in [0.25, 0.3) is 0 Å². The van der Waals surface area contributed by atoms with E-state index < -0.39 is 18.0 Å². The van der Waals surface area contributed by atoms with Gasteiger partial charge in [-0.05, 0) is 13.8 Å². The third-order valence-corrected chi connectivity index (χ3v) is 1.55. The lowest BCUT2D eigenvalue weighted by Gasteiger charge is -2.12. The second-order valence-electron chi connectivity index (χ2n) is 3.52. The van der Waals surface area contributed by atoms with Crippen molar-refractivity contribution in [1.82, 2.24) is 0 Å². The third-order valence-electron chi connectivity index (χ3n) is 1.55. The fourth-order valence-electron chi connectivity index (χ4n) is 0.660. The van der Waals surface area contributed by atoms with Crippen molar-refractivity contribution in [3.05, 3.63) is 24.3 Å². The first-order valence-corrected chi connectivity index (χ1v) is 4.75. The van der Waals surface area contributed by atoms with Gasteiger partial charge < -0.3 is 15.2 Å². The Morgan fingerprint density at radius 3 is 1.62 bits per heavy atom. The highest BCUT2D eigenvalue weighted by atomic mass is 16.5. The van der Waals surface area contributed by atoms with Crippen molar-refractivity contribution in [3.8, 4) is 0 Å². The highest BCUT2D eigenvalue weighted by molar-refractivity contribution is 5.87. The number of ether oxygens (including phenoxy) is 2. The van der Waals surface area contributed by atoms with Gasteiger partial charge in [-0.15, -0.1) is 0 Å². The Balaban J connectivity index is 3.79. The van der Waals surface area contributed by atoms with E-state index in [-0.39, 0.29) is 13.2 Å². The smallest absolute Gasteiger partial charge is 0.333 e. The van der Waals surface area contributed by atoms with Crippen LogP contribution >= 0.6 is 0 Å². The molecule has 0 saturated heterocycles. The van der Waals surface area contributed by atoms with Gasteiger partial charge in [-0.3, -0.25) is 0 Å². The molecule has 0 bridgehead atoms. The number of rotatable bonds is 6. The molecule has 0 aliphatic rings. The molecule has 5 nitrogen and oxygen atoms in total. The predicted molar refractivity (Wildman–Crippen MR) is 59.5 cm³/mol. The first-order chi connectivity index (χ1) is 7.34. The summed E-state index contributed by atoms with van der Waals surface area (Å²) in [5.41, 5.74) is 6.15. The van der Waals surface area contributed by atoms with Crippen LogP contribution in [0.5, 0.6) is 0 Å². The summed E-state index contributed by atoms with van der Waals surface area (Å²) in [5.74, 6) is -1.02. The molecule has 0 rings (SSSR count). The highest BCUT2D eigenvalue weighted by Gasteiger charge is 2.11. The molecule has 0 aliphatic heterocycles. The van der Waals surface area contributed by atoms with E-state index >= 15 is 0 Å². The molecule has 0 amide bonds. The number of hydrogen-bond acceptors (Lipinski definition) is 5. The predicted octanol–water partition coefficient (Wildman–Crippen LogP) is 0.552. The lowest BCUT2D eigenvalue weighted by Crippen LogP contribution is -2.33. The molecule has 0 unspecified atom stereocenters. The molecule has 0 saturated carbocycles. The van der Waals surface area contributed by atoms with Crippen LogP contribution in [0.2, 0.25) is 0 Å². The molecule has 0 aromatic carbocycles. The molecule has 0 fully saturated rings. The molecule has 0 heterocycles. The normalized spacial score (nSPS) is 9.75. The van der Waals surface area contributed by atoms with E-state index in [1.54, 1.807) is 0 Å². The van der Waals surface area contributed by atoms with E-state index in [0.717, 1.165) is 0 Å². The third kappa shape index (κ3) is 5.98. The van der Waals surface area contributed by atoms with Crippen LogP contribution in [0.1, 0.15) is 13.8 Å². The zero-order chi connectivity index (χ0) is 12.7. The van der Waals surface area contributed by atoms with Crippen LogP contribution in [0.15, 0.2) is 24.3 Å². The van der Waals surface area contributed by atoms with Crippen molar-refractivity contribution in [2.45, 2.75) is 19.9 Å². The number of esters is 2. The van der Waals surface area contributed by atoms with Gasteiger partial charge in [0.05, 0.1) is 6.04 Å². The van der Waals surface area contributed by atoms with Crippen molar-refractivity contribution in [1.29, 1.82) is 0 Å². The quantitative estimate of drug-likeness (QED) is 0.529. The van der Waals surface area contributed by atoms with Crippen molar-refractivity contribution < 1.29 is 19.1 Å². The molecule has 16 heavy (non-hydrogen) atoms. The van der Waals surface area contributed by atoms with Crippen LogP contribution in [0, 0.1) is 0 Å². The average Bonchev–Trinajstić information content (AvgIpc) is 2.21.